The Hall–Kier alpha value is -0.980. The molecule has 0 aliphatic carbocycles. The van der Waals surface area contributed by atoms with Gasteiger partial charge >= 0.3 is 11.6 Å². The van der Waals surface area contributed by atoms with Gasteiger partial charge < -0.3 is 0 Å². The molecule has 1 aliphatic rings. The number of halogens is 2. The highest BCUT2D eigenvalue weighted by Gasteiger charge is 2.67. The molecule has 0 spiro atoms. The zero-order valence-corrected chi connectivity index (χ0v) is 7.23. The maximum atomic E-state index is 13.4. The van der Waals surface area contributed by atoms with E-state index in [2.05, 4.69) is 10.2 Å². The van der Waals surface area contributed by atoms with Crippen molar-refractivity contribution in [2.45, 2.75) is 32.4 Å². The Kier molecular flexibility index (Phi) is 1.54. The number of rotatable bonds is 1. The fourth-order valence-corrected chi connectivity index (χ4v) is 0.847. The highest BCUT2D eigenvalue weighted by molar-refractivity contribution is 5.26. The number of hydrogen-bond donors (Lipinski definition) is 0. The van der Waals surface area contributed by atoms with Crippen LogP contribution in [0.1, 0.15) is 20.8 Å². The molecule has 0 aromatic carbocycles. The molecule has 1 aliphatic heterocycles. The summed E-state index contributed by atoms with van der Waals surface area (Å²) in [6.45, 7) is 4.24. The van der Waals surface area contributed by atoms with E-state index in [1.807, 2.05) is 5.92 Å². The summed E-state index contributed by atoms with van der Waals surface area (Å²) in [5.74, 6) is -1.16. The Bertz CT molecular complexity index is 262. The van der Waals surface area contributed by atoms with Crippen molar-refractivity contribution < 1.29 is 8.78 Å². The molecule has 0 saturated heterocycles. The molecule has 0 N–H and O–H groups in total. The van der Waals surface area contributed by atoms with E-state index in [4.69, 9.17) is 6.42 Å². The first-order valence-electron chi connectivity index (χ1n) is 3.56. The minimum atomic E-state index is -3.07. The van der Waals surface area contributed by atoms with Crippen molar-refractivity contribution in [2.75, 3.05) is 0 Å². The van der Waals surface area contributed by atoms with Crippen molar-refractivity contribution >= 4 is 0 Å². The van der Waals surface area contributed by atoms with Gasteiger partial charge in [0, 0.05) is 5.41 Å². The fraction of sp³-hybridized carbons (Fsp3) is 0.750. The van der Waals surface area contributed by atoms with Gasteiger partial charge in [-0.2, -0.15) is 8.78 Å². The van der Waals surface area contributed by atoms with E-state index < -0.39 is 17.0 Å². The van der Waals surface area contributed by atoms with Crippen LogP contribution in [-0.4, -0.2) is 11.6 Å². The predicted molar refractivity (Wildman–Crippen MR) is 40.8 cm³/mol. The molecule has 0 radical (unpaired) electrons. The van der Waals surface area contributed by atoms with Gasteiger partial charge in [-0.25, -0.2) is 0 Å². The second kappa shape index (κ2) is 2.03. The lowest BCUT2D eigenvalue weighted by molar-refractivity contribution is -0.116. The summed E-state index contributed by atoms with van der Waals surface area (Å²) >= 11 is 0. The number of nitrogens with zero attached hydrogens (tertiary/aromatic N) is 2. The summed E-state index contributed by atoms with van der Waals surface area (Å²) in [7, 11) is 0. The third kappa shape index (κ3) is 0.927. The Labute approximate surface area is 70.1 Å². The molecule has 12 heavy (non-hydrogen) atoms. The smallest absolute Gasteiger partial charge is 0.200 e. The zero-order valence-electron chi connectivity index (χ0n) is 7.23. The van der Waals surface area contributed by atoms with Gasteiger partial charge in [0.25, 0.3) is 0 Å². The molecular weight excluding hydrogens is 162 g/mol. The average molecular weight is 172 g/mol. The molecule has 0 atom stereocenters. The molecule has 0 aromatic heterocycles. The Morgan fingerprint density at radius 2 is 1.67 bits per heavy atom. The monoisotopic (exact) mass is 172 g/mol. The summed E-state index contributed by atoms with van der Waals surface area (Å²) in [5.41, 5.74) is -3.10. The third-order valence-corrected chi connectivity index (χ3v) is 1.88. The Balaban J connectivity index is 2.96. The van der Waals surface area contributed by atoms with Crippen LogP contribution in [0.4, 0.5) is 8.78 Å². The number of hydrogen-bond acceptors (Lipinski definition) is 2. The summed E-state index contributed by atoms with van der Waals surface area (Å²) in [6, 6.07) is 0. The standard InChI is InChI=1S/C8H10F2N2/c1-5-7(11-12-7)8(9,10)6(2,3)4/h1H,2-4H3. The number of alkyl halides is 2. The average Bonchev–Trinajstić information content (AvgIpc) is 2.64. The fourth-order valence-electron chi connectivity index (χ4n) is 0.847. The third-order valence-electron chi connectivity index (χ3n) is 1.88. The molecule has 0 amide bonds. The van der Waals surface area contributed by atoms with Crippen LogP contribution < -0.4 is 0 Å². The molecule has 0 fully saturated rings. The highest BCUT2D eigenvalue weighted by Crippen LogP contribution is 2.51. The molecule has 0 bridgehead atoms. The quantitative estimate of drug-likeness (QED) is 0.543. The SMILES string of the molecule is C#CC1(C(F)(F)C(C)(C)C)N=N1. The molecule has 1 heterocycles. The van der Waals surface area contributed by atoms with Gasteiger partial charge in [-0.05, 0) is 5.92 Å². The van der Waals surface area contributed by atoms with Gasteiger partial charge in [0.05, 0.1) is 0 Å². The molecule has 66 valence electrons. The molecule has 1 rings (SSSR count). The summed E-state index contributed by atoms with van der Waals surface area (Å²) in [6.07, 6.45) is 4.93. The number of terminal acetylenes is 1. The van der Waals surface area contributed by atoms with Crippen LogP contribution in [0, 0.1) is 17.8 Å². The van der Waals surface area contributed by atoms with E-state index >= 15 is 0 Å². The van der Waals surface area contributed by atoms with Gasteiger partial charge in [-0.3, -0.25) is 0 Å². The zero-order chi connectivity index (χ0) is 9.62. The lowest BCUT2D eigenvalue weighted by atomic mass is 9.82. The summed E-state index contributed by atoms with van der Waals surface area (Å²) < 4.78 is 26.9. The van der Waals surface area contributed by atoms with Gasteiger partial charge in [-0.15, -0.1) is 16.7 Å². The molecular formula is C8H10F2N2. The maximum absolute atomic E-state index is 13.4. The van der Waals surface area contributed by atoms with Gasteiger partial charge in [0.1, 0.15) is 0 Å². The molecule has 4 heteroatoms. The molecule has 0 unspecified atom stereocenters. The summed E-state index contributed by atoms with van der Waals surface area (Å²) in [5, 5.41) is 6.46. The highest BCUT2D eigenvalue weighted by atomic mass is 19.3. The Morgan fingerprint density at radius 3 is 1.75 bits per heavy atom. The minimum absolute atomic E-state index is 1.22. The van der Waals surface area contributed by atoms with Crippen molar-refractivity contribution in [3.05, 3.63) is 0 Å². The second-order valence-electron chi connectivity index (χ2n) is 3.84. The van der Waals surface area contributed by atoms with Crippen LogP contribution in [0.25, 0.3) is 0 Å². The van der Waals surface area contributed by atoms with E-state index in [0.717, 1.165) is 0 Å². The van der Waals surface area contributed by atoms with E-state index in [-0.39, 0.29) is 0 Å². The summed E-state index contributed by atoms with van der Waals surface area (Å²) in [4.78, 5) is 0. The van der Waals surface area contributed by atoms with Crippen molar-refractivity contribution in [3.63, 3.8) is 0 Å². The van der Waals surface area contributed by atoms with E-state index in [9.17, 15) is 8.78 Å². The van der Waals surface area contributed by atoms with Crippen LogP contribution in [0.5, 0.6) is 0 Å². The van der Waals surface area contributed by atoms with Gasteiger partial charge in [0.2, 0.25) is 0 Å². The van der Waals surface area contributed by atoms with Crippen LogP contribution in [0.3, 0.4) is 0 Å². The second-order valence-corrected chi connectivity index (χ2v) is 3.84. The van der Waals surface area contributed by atoms with Crippen LogP contribution in [0.2, 0.25) is 0 Å². The van der Waals surface area contributed by atoms with Crippen molar-refractivity contribution in [2.24, 2.45) is 15.6 Å². The largest absolute Gasteiger partial charge is 0.313 e. The molecule has 0 aromatic rings. The Morgan fingerprint density at radius 1 is 1.25 bits per heavy atom. The van der Waals surface area contributed by atoms with E-state index in [1.165, 1.54) is 20.8 Å². The first-order valence-corrected chi connectivity index (χ1v) is 3.56. The van der Waals surface area contributed by atoms with Crippen LogP contribution >= 0.6 is 0 Å². The van der Waals surface area contributed by atoms with Crippen LogP contribution in [0.15, 0.2) is 10.2 Å². The van der Waals surface area contributed by atoms with Gasteiger partial charge in [0.15, 0.2) is 0 Å². The van der Waals surface area contributed by atoms with Crippen LogP contribution in [-0.2, 0) is 0 Å². The first kappa shape index (κ1) is 9.11. The van der Waals surface area contributed by atoms with E-state index in [1.54, 1.807) is 0 Å². The maximum Gasteiger partial charge on any atom is 0.313 e. The molecule has 2 nitrogen and oxygen atoms in total. The predicted octanol–water partition coefficient (Wildman–Crippen LogP) is 2.46. The minimum Gasteiger partial charge on any atom is -0.200 e. The lowest BCUT2D eigenvalue weighted by Crippen LogP contribution is -2.46. The normalized spacial score (nSPS) is 20.3. The molecule has 0 saturated carbocycles. The van der Waals surface area contributed by atoms with Crippen molar-refractivity contribution in [3.8, 4) is 12.3 Å². The van der Waals surface area contributed by atoms with E-state index in [0.29, 0.717) is 0 Å². The lowest BCUT2D eigenvalue weighted by Gasteiger charge is -2.31. The first-order chi connectivity index (χ1) is 5.27. The van der Waals surface area contributed by atoms with Gasteiger partial charge in [-0.1, -0.05) is 20.8 Å². The van der Waals surface area contributed by atoms with Crippen molar-refractivity contribution in [1.29, 1.82) is 0 Å². The van der Waals surface area contributed by atoms with Crippen molar-refractivity contribution in [1.82, 2.24) is 0 Å². The topological polar surface area (TPSA) is 24.7 Å².